The second kappa shape index (κ2) is 12.2. The molecule has 0 bridgehead atoms. The van der Waals surface area contributed by atoms with Crippen molar-refractivity contribution in [2.45, 2.75) is 56.2 Å². The molecule has 0 radical (unpaired) electrons. The van der Waals surface area contributed by atoms with Crippen LogP contribution in [0, 0.1) is 65.3 Å². The molecule has 0 amide bonds. The van der Waals surface area contributed by atoms with E-state index in [0.717, 1.165) is 25.7 Å². The second-order valence-corrected chi connectivity index (χ2v) is 7.56. The van der Waals surface area contributed by atoms with Gasteiger partial charge in [0.05, 0.1) is 18.8 Å². The number of benzene rings is 1. The van der Waals surface area contributed by atoms with Gasteiger partial charge in [-0.1, -0.05) is 30.3 Å². The summed E-state index contributed by atoms with van der Waals surface area (Å²) in [6, 6.07) is 11.9. The van der Waals surface area contributed by atoms with Crippen LogP contribution in [0.25, 0.3) is 0 Å². The van der Waals surface area contributed by atoms with Crippen LogP contribution in [0.3, 0.4) is 0 Å². The minimum atomic E-state index is -0.518. The second-order valence-electron chi connectivity index (χ2n) is 7.56. The molecule has 0 spiro atoms. The van der Waals surface area contributed by atoms with Gasteiger partial charge in [-0.05, 0) is 43.6 Å². The molecule has 0 aromatic heterocycles. The van der Waals surface area contributed by atoms with Crippen molar-refractivity contribution in [3.8, 4) is 6.07 Å². The summed E-state index contributed by atoms with van der Waals surface area (Å²) in [6.45, 7) is 6.35. The van der Waals surface area contributed by atoms with Gasteiger partial charge in [-0.3, -0.25) is 5.57 Å². The van der Waals surface area contributed by atoms with Crippen molar-refractivity contribution in [1.82, 2.24) is 10.3 Å². The van der Waals surface area contributed by atoms with Crippen molar-refractivity contribution in [3.63, 3.8) is 0 Å². The number of likely N-dealkylation sites (tertiary alicyclic amines) is 1. The van der Waals surface area contributed by atoms with E-state index in [4.69, 9.17) is 16.6 Å². The summed E-state index contributed by atoms with van der Waals surface area (Å²) >= 11 is 0. The van der Waals surface area contributed by atoms with E-state index in [2.05, 4.69) is 35.9 Å². The maximum Gasteiger partial charge on any atom is 2.00 e. The van der Waals surface area contributed by atoms with Gasteiger partial charge in [-0.15, -0.1) is 5.43 Å². The Morgan fingerprint density at radius 3 is 2.63 bits per heavy atom. The quantitative estimate of drug-likeness (QED) is 0.156. The van der Waals surface area contributed by atoms with Crippen LogP contribution in [-0.2, 0) is 4.74 Å². The molecule has 1 heterocycles. The fourth-order valence-electron chi connectivity index (χ4n) is 4.26. The number of hydrazine groups is 1. The number of nitrogens with one attached hydrogen (secondary N) is 1. The predicted molar refractivity (Wildman–Crippen MR) is 108 cm³/mol. The molecule has 2 atom stereocenters. The van der Waals surface area contributed by atoms with Gasteiger partial charge in [-0.25, -0.2) is 10.1 Å². The molecule has 156 valence electrons. The van der Waals surface area contributed by atoms with Crippen LogP contribution in [0.5, 0.6) is 0 Å². The van der Waals surface area contributed by atoms with Crippen molar-refractivity contribution in [2.75, 3.05) is 13.2 Å². The van der Waals surface area contributed by atoms with Crippen LogP contribution >= 0.6 is 0 Å². The Morgan fingerprint density at radius 2 is 2.03 bits per heavy atom. The van der Waals surface area contributed by atoms with E-state index >= 15 is 0 Å². The molecule has 2 unspecified atom stereocenters. The molecule has 2 aliphatic rings. The Bertz CT molecular complexity index is 772. The van der Waals surface area contributed by atoms with E-state index in [1.54, 1.807) is 4.90 Å². The number of hydrogen-bond donors (Lipinski definition) is 1. The van der Waals surface area contributed by atoms with Crippen LogP contribution in [0.1, 0.15) is 43.6 Å². The van der Waals surface area contributed by atoms with Gasteiger partial charge in [0.15, 0.2) is 5.03 Å². The fraction of sp³-hybridized carbons (Fsp3) is 0.500. The normalized spacial score (nSPS) is 26.4. The summed E-state index contributed by atoms with van der Waals surface area (Å²) in [5, 5.41) is 19.5. The first-order valence-electron chi connectivity index (χ1n) is 10.0. The van der Waals surface area contributed by atoms with E-state index in [0.29, 0.717) is 25.5 Å². The van der Waals surface area contributed by atoms with E-state index in [1.807, 2.05) is 12.1 Å². The molecule has 30 heavy (non-hydrogen) atoms. The molecule has 1 N–H and O–H groups in total. The van der Waals surface area contributed by atoms with Crippen LogP contribution in [-0.4, -0.2) is 41.3 Å². The average Bonchev–Trinajstić information content (AvgIpc) is 3.11. The van der Waals surface area contributed by atoms with Crippen molar-refractivity contribution < 1.29 is 40.9 Å². The summed E-state index contributed by atoms with van der Waals surface area (Å²) in [4.78, 5) is 12.8. The third-order valence-corrected chi connectivity index (χ3v) is 5.82. The SMILES string of the molecule is [CH-]=CC(C#N)=[C-]N1CCC(N[N+](=O)[O-])C1COC1CCC(c2ccccc2)CC1.[U+2]. The average molecular weight is 633 g/mol. The van der Waals surface area contributed by atoms with Crippen molar-refractivity contribution >= 4 is 0 Å². The third-order valence-electron chi connectivity index (χ3n) is 5.82. The smallest absolute Gasteiger partial charge is 0.444 e. The Morgan fingerprint density at radius 1 is 1.33 bits per heavy atom. The monoisotopic (exact) mass is 632 g/mol. The molecular formula is C22H26N4O3U. The number of nitro groups is 1. The van der Waals surface area contributed by atoms with Gasteiger partial charge in [0.25, 0.3) is 0 Å². The molecule has 8 heteroatoms. The van der Waals surface area contributed by atoms with Gasteiger partial charge in [-0.2, -0.15) is 12.3 Å². The maximum atomic E-state index is 10.9. The molecule has 1 saturated carbocycles. The summed E-state index contributed by atoms with van der Waals surface area (Å²) in [5.41, 5.74) is 3.96. The zero-order valence-corrected chi connectivity index (χ0v) is 21.0. The Hall–Kier alpha value is -1.80. The molecule has 1 aromatic carbocycles. The number of ether oxygens (including phenoxy) is 1. The molecule has 7 nitrogen and oxygen atoms in total. The zero-order chi connectivity index (χ0) is 20.6. The first kappa shape index (κ1) is 24.5. The number of rotatable bonds is 8. The number of allylic oxidation sites excluding steroid dienone is 2. The number of hydrogen-bond acceptors (Lipinski definition) is 5. The van der Waals surface area contributed by atoms with E-state index < -0.39 is 5.03 Å². The van der Waals surface area contributed by atoms with Crippen LogP contribution in [0.2, 0.25) is 0 Å². The van der Waals surface area contributed by atoms with Gasteiger partial charge >= 0.3 is 31.1 Å². The molecule has 3 rings (SSSR count). The minimum Gasteiger partial charge on any atom is -0.444 e. The third kappa shape index (κ3) is 6.60. The first-order valence-corrected chi connectivity index (χ1v) is 10.0. The topological polar surface area (TPSA) is 91.4 Å². The van der Waals surface area contributed by atoms with E-state index in [1.165, 1.54) is 11.6 Å². The number of nitrogens with zero attached hydrogens (tertiary/aromatic N) is 3. The summed E-state index contributed by atoms with van der Waals surface area (Å²) in [5.74, 6) is 0.567. The van der Waals surface area contributed by atoms with Gasteiger partial charge in [0, 0.05) is 6.54 Å². The Labute approximate surface area is 201 Å². The molecule has 1 aromatic rings. The maximum absolute atomic E-state index is 10.9. The summed E-state index contributed by atoms with van der Waals surface area (Å²) in [6.07, 6.45) is 8.96. The van der Waals surface area contributed by atoms with Gasteiger partial charge < -0.3 is 27.6 Å². The van der Waals surface area contributed by atoms with Crippen molar-refractivity contribution in [1.29, 1.82) is 5.26 Å². The van der Waals surface area contributed by atoms with Gasteiger partial charge in [0.2, 0.25) is 0 Å². The molecule has 1 aliphatic heterocycles. The fourth-order valence-corrected chi connectivity index (χ4v) is 4.26. The summed E-state index contributed by atoms with van der Waals surface area (Å²) < 4.78 is 6.16. The van der Waals surface area contributed by atoms with Gasteiger partial charge in [0.1, 0.15) is 6.04 Å². The zero-order valence-electron chi connectivity index (χ0n) is 16.9. The Balaban J connectivity index is 0.00000320. The molecule has 1 saturated heterocycles. The van der Waals surface area contributed by atoms with Crippen LogP contribution in [0.4, 0.5) is 0 Å². The van der Waals surface area contributed by atoms with Crippen LogP contribution < -0.4 is 5.43 Å². The van der Waals surface area contributed by atoms with Crippen LogP contribution in [0.15, 0.2) is 42.0 Å². The standard InChI is InChI=1S/C22H26N4O3.U/c1-2-17(14-23)15-25-13-12-21(24-26(27)28)22(25)16-29-20-10-8-19(9-11-20)18-6-4-3-5-7-18;/h1-7,19-22,24H,8-13,16H2;/q-2;+2. The van der Waals surface area contributed by atoms with Crippen molar-refractivity contribution in [2.24, 2.45) is 0 Å². The predicted octanol–water partition coefficient (Wildman–Crippen LogP) is 3.15. The van der Waals surface area contributed by atoms with Crippen molar-refractivity contribution in [3.05, 3.63) is 70.4 Å². The van der Waals surface area contributed by atoms with E-state index in [-0.39, 0.29) is 54.9 Å². The largest absolute Gasteiger partial charge is 2.00 e. The summed E-state index contributed by atoms with van der Waals surface area (Å²) in [7, 11) is 0. The number of nitriles is 1. The first-order chi connectivity index (χ1) is 14.1. The van der Waals surface area contributed by atoms with E-state index in [9.17, 15) is 10.1 Å². The molecule has 2 fully saturated rings. The minimum absolute atomic E-state index is 0. The molecule has 1 aliphatic carbocycles. The Kier molecular flexibility index (Phi) is 9.91. The molecular weight excluding hydrogens is 606 g/mol.